The predicted octanol–water partition coefficient (Wildman–Crippen LogP) is 5.35. The molecule has 1 amide bonds. The SMILES string of the molecule is COc1ccc(C(=O)N2CCC(Cc3ccc4ncccc4c3)CC2)cc1NCc1cccnc1. The highest BCUT2D eigenvalue weighted by atomic mass is 16.5. The Bertz CT molecular complexity index is 1300. The third-order valence-corrected chi connectivity index (χ3v) is 6.75. The zero-order valence-corrected chi connectivity index (χ0v) is 20.0. The van der Waals surface area contributed by atoms with Crippen molar-refractivity contribution >= 4 is 22.5 Å². The summed E-state index contributed by atoms with van der Waals surface area (Å²) < 4.78 is 5.50. The number of nitrogens with one attached hydrogen (secondary N) is 1. The molecule has 1 aliphatic heterocycles. The summed E-state index contributed by atoms with van der Waals surface area (Å²) in [7, 11) is 1.64. The van der Waals surface area contributed by atoms with E-state index in [1.54, 1.807) is 13.3 Å². The van der Waals surface area contributed by atoms with E-state index in [-0.39, 0.29) is 5.91 Å². The molecule has 5 rings (SSSR count). The molecule has 3 heterocycles. The molecule has 2 aromatic heterocycles. The first-order chi connectivity index (χ1) is 17.2. The molecule has 1 N–H and O–H groups in total. The lowest BCUT2D eigenvalue weighted by Gasteiger charge is -2.32. The Hall–Kier alpha value is -3.93. The lowest BCUT2D eigenvalue weighted by molar-refractivity contribution is 0.0690. The van der Waals surface area contributed by atoms with Crippen LogP contribution < -0.4 is 10.1 Å². The van der Waals surface area contributed by atoms with Crippen molar-refractivity contribution in [3.8, 4) is 5.75 Å². The van der Waals surface area contributed by atoms with Gasteiger partial charge in [0.25, 0.3) is 5.91 Å². The minimum absolute atomic E-state index is 0.0762. The zero-order chi connectivity index (χ0) is 24.0. The van der Waals surface area contributed by atoms with Gasteiger partial charge in [0.1, 0.15) is 5.75 Å². The number of ether oxygens (including phenoxy) is 1. The number of carbonyl (C=O) groups excluding carboxylic acids is 1. The number of benzene rings is 2. The Balaban J connectivity index is 1.20. The number of likely N-dealkylation sites (tertiary alicyclic amines) is 1. The zero-order valence-electron chi connectivity index (χ0n) is 20.0. The van der Waals surface area contributed by atoms with Gasteiger partial charge >= 0.3 is 0 Å². The van der Waals surface area contributed by atoms with Crippen molar-refractivity contribution in [2.45, 2.75) is 25.8 Å². The Morgan fingerprint density at radius 3 is 2.69 bits per heavy atom. The largest absolute Gasteiger partial charge is 0.495 e. The third-order valence-electron chi connectivity index (χ3n) is 6.75. The van der Waals surface area contributed by atoms with Crippen molar-refractivity contribution in [3.05, 3.63) is 95.9 Å². The van der Waals surface area contributed by atoms with E-state index < -0.39 is 0 Å². The maximum atomic E-state index is 13.3. The van der Waals surface area contributed by atoms with Crippen LogP contribution in [0.5, 0.6) is 5.75 Å². The lowest BCUT2D eigenvalue weighted by atomic mass is 9.89. The van der Waals surface area contributed by atoms with Crippen molar-refractivity contribution in [2.75, 3.05) is 25.5 Å². The first kappa shape index (κ1) is 22.8. The van der Waals surface area contributed by atoms with E-state index in [1.165, 1.54) is 10.9 Å². The van der Waals surface area contributed by atoms with Crippen molar-refractivity contribution in [1.82, 2.24) is 14.9 Å². The number of hydrogen-bond donors (Lipinski definition) is 1. The van der Waals surface area contributed by atoms with Gasteiger partial charge in [-0.15, -0.1) is 0 Å². The first-order valence-electron chi connectivity index (χ1n) is 12.1. The number of aromatic nitrogens is 2. The van der Waals surface area contributed by atoms with Crippen molar-refractivity contribution in [3.63, 3.8) is 0 Å². The van der Waals surface area contributed by atoms with Crippen LogP contribution in [0.25, 0.3) is 10.9 Å². The number of hydrogen-bond acceptors (Lipinski definition) is 5. The Labute approximate surface area is 206 Å². The van der Waals surface area contributed by atoms with Crippen molar-refractivity contribution in [2.24, 2.45) is 5.92 Å². The standard InChI is InChI=1S/C29H30N4O2/c1-35-28-9-7-25(18-27(28)32-20-23-4-2-12-30-19-23)29(34)33-14-10-21(11-15-33)16-22-6-8-26-24(17-22)5-3-13-31-26/h2-9,12-13,17-19,21,32H,10-11,14-16,20H2,1H3. The second-order valence-corrected chi connectivity index (χ2v) is 9.10. The fourth-order valence-electron chi connectivity index (χ4n) is 4.79. The van der Waals surface area contributed by atoms with Crippen LogP contribution in [-0.2, 0) is 13.0 Å². The number of piperidine rings is 1. The maximum absolute atomic E-state index is 13.3. The van der Waals surface area contributed by atoms with Gasteiger partial charge < -0.3 is 15.0 Å². The molecular formula is C29H30N4O2. The minimum Gasteiger partial charge on any atom is -0.495 e. The molecule has 4 aromatic rings. The molecule has 0 radical (unpaired) electrons. The van der Waals surface area contributed by atoms with Gasteiger partial charge in [0.05, 0.1) is 18.3 Å². The smallest absolute Gasteiger partial charge is 0.253 e. The number of nitrogens with zero attached hydrogens (tertiary/aromatic N) is 3. The highest BCUT2D eigenvalue weighted by Gasteiger charge is 2.24. The molecule has 35 heavy (non-hydrogen) atoms. The summed E-state index contributed by atoms with van der Waals surface area (Å²) in [4.78, 5) is 23.8. The average Bonchev–Trinajstić information content (AvgIpc) is 2.92. The summed E-state index contributed by atoms with van der Waals surface area (Å²) in [6.45, 7) is 2.17. The normalized spacial score (nSPS) is 14.1. The number of rotatable bonds is 7. The fraction of sp³-hybridized carbons (Fsp3) is 0.276. The van der Waals surface area contributed by atoms with Crippen molar-refractivity contribution < 1.29 is 9.53 Å². The molecule has 1 saturated heterocycles. The number of fused-ring (bicyclic) bond motifs is 1. The number of amides is 1. The van der Waals surface area contributed by atoms with E-state index in [2.05, 4.69) is 39.6 Å². The van der Waals surface area contributed by atoms with Crippen LogP contribution >= 0.6 is 0 Å². The van der Waals surface area contributed by atoms with Crippen LogP contribution in [0.4, 0.5) is 5.69 Å². The molecule has 178 valence electrons. The molecular weight excluding hydrogens is 436 g/mol. The molecule has 0 aliphatic carbocycles. The van der Waals surface area contributed by atoms with Gasteiger partial charge in [-0.05, 0) is 78.8 Å². The maximum Gasteiger partial charge on any atom is 0.253 e. The summed E-state index contributed by atoms with van der Waals surface area (Å²) in [5, 5.41) is 4.57. The Morgan fingerprint density at radius 1 is 1.03 bits per heavy atom. The van der Waals surface area contributed by atoms with Gasteiger partial charge in [-0.25, -0.2) is 0 Å². The van der Waals surface area contributed by atoms with Gasteiger partial charge in [-0.1, -0.05) is 18.2 Å². The summed E-state index contributed by atoms with van der Waals surface area (Å²) in [6, 6.07) is 20.2. The van der Waals surface area contributed by atoms with Gasteiger partial charge in [-0.3, -0.25) is 14.8 Å². The van der Waals surface area contributed by atoms with Gasteiger partial charge in [-0.2, -0.15) is 0 Å². The van der Waals surface area contributed by atoms with E-state index in [4.69, 9.17) is 4.74 Å². The van der Waals surface area contributed by atoms with E-state index in [9.17, 15) is 4.79 Å². The third kappa shape index (κ3) is 5.43. The van der Waals surface area contributed by atoms with Crippen LogP contribution in [-0.4, -0.2) is 41.0 Å². The molecule has 6 heteroatoms. The van der Waals surface area contributed by atoms with Crippen LogP contribution in [0, 0.1) is 5.92 Å². The number of anilines is 1. The quantitative estimate of drug-likeness (QED) is 0.398. The molecule has 2 aromatic carbocycles. The van der Waals surface area contributed by atoms with Crippen LogP contribution in [0.1, 0.15) is 34.3 Å². The molecule has 0 bridgehead atoms. The molecule has 1 aliphatic rings. The molecule has 0 unspecified atom stereocenters. The second-order valence-electron chi connectivity index (χ2n) is 9.10. The van der Waals surface area contributed by atoms with E-state index in [0.717, 1.165) is 54.9 Å². The predicted molar refractivity (Wildman–Crippen MR) is 139 cm³/mol. The lowest BCUT2D eigenvalue weighted by Crippen LogP contribution is -2.38. The molecule has 0 saturated carbocycles. The fourth-order valence-corrected chi connectivity index (χ4v) is 4.79. The summed E-state index contributed by atoms with van der Waals surface area (Å²) in [6.07, 6.45) is 8.48. The highest BCUT2D eigenvalue weighted by Crippen LogP contribution is 2.28. The number of methoxy groups -OCH3 is 1. The average molecular weight is 467 g/mol. The summed E-state index contributed by atoms with van der Waals surface area (Å²) in [5.41, 5.74) is 4.93. The number of pyridine rings is 2. The topological polar surface area (TPSA) is 67.3 Å². The minimum atomic E-state index is 0.0762. The number of carbonyl (C=O) groups is 1. The summed E-state index contributed by atoms with van der Waals surface area (Å²) in [5.74, 6) is 1.38. The van der Waals surface area contributed by atoms with E-state index in [0.29, 0.717) is 18.0 Å². The Kier molecular flexibility index (Phi) is 6.89. The van der Waals surface area contributed by atoms with Gasteiger partial charge in [0, 0.05) is 49.2 Å². The van der Waals surface area contributed by atoms with Gasteiger partial charge in [0.2, 0.25) is 0 Å². The molecule has 0 spiro atoms. The van der Waals surface area contributed by atoms with Crippen LogP contribution in [0.2, 0.25) is 0 Å². The van der Waals surface area contributed by atoms with E-state index in [1.807, 2.05) is 53.7 Å². The summed E-state index contributed by atoms with van der Waals surface area (Å²) >= 11 is 0. The van der Waals surface area contributed by atoms with Crippen LogP contribution in [0.15, 0.2) is 79.3 Å². The Morgan fingerprint density at radius 2 is 1.89 bits per heavy atom. The second kappa shape index (κ2) is 10.6. The van der Waals surface area contributed by atoms with Gasteiger partial charge in [0.15, 0.2) is 0 Å². The van der Waals surface area contributed by atoms with Crippen molar-refractivity contribution in [1.29, 1.82) is 0 Å². The molecule has 0 atom stereocenters. The van der Waals surface area contributed by atoms with Crippen LogP contribution in [0.3, 0.4) is 0 Å². The molecule has 6 nitrogen and oxygen atoms in total. The molecule has 1 fully saturated rings. The van der Waals surface area contributed by atoms with E-state index >= 15 is 0 Å². The monoisotopic (exact) mass is 466 g/mol. The highest BCUT2D eigenvalue weighted by molar-refractivity contribution is 5.95. The first-order valence-corrected chi connectivity index (χ1v) is 12.1.